The van der Waals surface area contributed by atoms with Crippen LogP contribution in [0.3, 0.4) is 0 Å². The molecule has 1 aliphatic rings. The number of aromatic nitrogens is 4. The minimum atomic E-state index is 0.465. The Morgan fingerprint density at radius 2 is 2.04 bits per heavy atom. The number of nitrogens with two attached hydrogens (primary N) is 1. The second kappa shape index (κ2) is 7.83. The summed E-state index contributed by atoms with van der Waals surface area (Å²) in [7, 11) is 0. The summed E-state index contributed by atoms with van der Waals surface area (Å²) in [6.45, 7) is 1.06. The van der Waals surface area contributed by atoms with Crippen LogP contribution in [-0.4, -0.2) is 32.2 Å². The Kier molecular flexibility index (Phi) is 5.11. The lowest BCUT2D eigenvalue weighted by atomic mass is 9.95. The lowest BCUT2D eigenvalue weighted by molar-refractivity contribution is 0.372. The van der Waals surface area contributed by atoms with Gasteiger partial charge >= 0.3 is 0 Å². The second-order valence-corrected chi connectivity index (χ2v) is 7.10. The highest BCUT2D eigenvalue weighted by atomic mass is 15.3. The molecule has 0 aromatic carbocycles. The van der Waals surface area contributed by atoms with Crippen LogP contribution in [0.5, 0.6) is 0 Å². The van der Waals surface area contributed by atoms with E-state index >= 15 is 0 Å². The fraction of sp³-hybridized carbons (Fsp3) is 0.450. The van der Waals surface area contributed by atoms with Gasteiger partial charge < -0.3 is 11.1 Å². The summed E-state index contributed by atoms with van der Waals surface area (Å²) < 4.78 is 1.78. The first kappa shape index (κ1) is 17.0. The average Bonchev–Trinajstić information content (AvgIpc) is 3.01. The van der Waals surface area contributed by atoms with Gasteiger partial charge in [0.05, 0.1) is 11.3 Å². The molecule has 0 amide bonds. The summed E-state index contributed by atoms with van der Waals surface area (Å²) in [4.78, 5) is 8.98. The van der Waals surface area contributed by atoms with Gasteiger partial charge in [-0.3, -0.25) is 4.98 Å². The van der Waals surface area contributed by atoms with Crippen LogP contribution in [-0.2, 0) is 6.42 Å². The molecule has 136 valence electrons. The van der Waals surface area contributed by atoms with Crippen LogP contribution in [0.15, 0.2) is 36.8 Å². The van der Waals surface area contributed by atoms with Crippen molar-refractivity contribution in [2.45, 2.75) is 51.0 Å². The number of nitrogens with zero attached hydrogens (tertiary/aromatic N) is 4. The van der Waals surface area contributed by atoms with Crippen LogP contribution in [0.25, 0.3) is 16.9 Å². The van der Waals surface area contributed by atoms with E-state index in [2.05, 4.69) is 20.4 Å². The Labute approximate surface area is 153 Å². The van der Waals surface area contributed by atoms with Crippen LogP contribution in [0.1, 0.15) is 44.1 Å². The van der Waals surface area contributed by atoms with Crippen LogP contribution in [0, 0.1) is 0 Å². The molecule has 0 radical (unpaired) electrons. The number of nitrogens with one attached hydrogen (secondary N) is 1. The van der Waals surface area contributed by atoms with Crippen molar-refractivity contribution in [2.24, 2.45) is 0 Å². The standard InChI is InChI=1S/C20H26N6/c21-19-18(17-10-4-5-11-23-17)20-24-13-15(14-26(20)25-19)7-6-12-22-16-8-2-1-3-9-16/h4-5,10-11,13-14,16,22H,1-3,6-9,12H2,(H2,21,25). The lowest BCUT2D eigenvalue weighted by Crippen LogP contribution is -2.31. The van der Waals surface area contributed by atoms with Gasteiger partial charge in [-0.1, -0.05) is 25.3 Å². The van der Waals surface area contributed by atoms with Gasteiger partial charge in [0.1, 0.15) is 0 Å². The van der Waals surface area contributed by atoms with Crippen LogP contribution < -0.4 is 11.1 Å². The van der Waals surface area contributed by atoms with Crippen LogP contribution in [0.4, 0.5) is 5.82 Å². The topological polar surface area (TPSA) is 81.1 Å². The smallest absolute Gasteiger partial charge is 0.166 e. The van der Waals surface area contributed by atoms with Gasteiger partial charge in [-0.05, 0) is 49.9 Å². The molecule has 3 heterocycles. The Morgan fingerprint density at radius 3 is 2.85 bits per heavy atom. The van der Waals surface area contributed by atoms with E-state index in [9.17, 15) is 0 Å². The van der Waals surface area contributed by atoms with Gasteiger partial charge in [0.2, 0.25) is 0 Å². The minimum Gasteiger partial charge on any atom is -0.382 e. The normalized spacial score (nSPS) is 15.5. The highest BCUT2D eigenvalue weighted by molar-refractivity contribution is 5.84. The van der Waals surface area contributed by atoms with Crippen LogP contribution in [0.2, 0.25) is 0 Å². The van der Waals surface area contributed by atoms with Crippen LogP contribution >= 0.6 is 0 Å². The van der Waals surface area contributed by atoms with Crippen molar-refractivity contribution in [1.29, 1.82) is 0 Å². The van der Waals surface area contributed by atoms with Gasteiger partial charge in [-0.2, -0.15) is 0 Å². The number of nitrogen functional groups attached to an aromatic ring is 1. The molecule has 0 bridgehead atoms. The molecule has 4 rings (SSSR count). The number of fused-ring (bicyclic) bond motifs is 1. The first-order valence-electron chi connectivity index (χ1n) is 9.59. The lowest BCUT2D eigenvalue weighted by Gasteiger charge is -2.22. The number of hydrogen-bond acceptors (Lipinski definition) is 5. The third-order valence-corrected chi connectivity index (χ3v) is 5.15. The summed E-state index contributed by atoms with van der Waals surface area (Å²) in [6.07, 6.45) is 14.6. The third kappa shape index (κ3) is 3.70. The molecule has 0 aliphatic heterocycles. The van der Waals surface area contributed by atoms with Gasteiger partial charge in [0.25, 0.3) is 0 Å². The van der Waals surface area contributed by atoms with E-state index in [1.54, 1.807) is 10.7 Å². The van der Waals surface area contributed by atoms with E-state index in [0.717, 1.165) is 42.3 Å². The van der Waals surface area contributed by atoms with E-state index < -0.39 is 0 Å². The van der Waals surface area contributed by atoms with E-state index in [-0.39, 0.29) is 0 Å². The zero-order valence-corrected chi connectivity index (χ0v) is 15.1. The SMILES string of the molecule is Nc1nn2cc(CCCNC3CCCCC3)cnc2c1-c1ccccn1. The van der Waals surface area contributed by atoms with Gasteiger partial charge in [0.15, 0.2) is 11.5 Å². The molecule has 3 aromatic heterocycles. The Hall–Kier alpha value is -2.47. The second-order valence-electron chi connectivity index (χ2n) is 7.10. The molecule has 3 aromatic rings. The zero-order chi connectivity index (χ0) is 17.8. The van der Waals surface area contributed by atoms with Gasteiger partial charge in [-0.25, -0.2) is 9.50 Å². The van der Waals surface area contributed by atoms with E-state index in [1.165, 1.54) is 37.7 Å². The first-order chi connectivity index (χ1) is 12.8. The molecular formula is C20H26N6. The Balaban J connectivity index is 1.41. The molecule has 6 heteroatoms. The maximum Gasteiger partial charge on any atom is 0.166 e. The number of hydrogen-bond donors (Lipinski definition) is 2. The highest BCUT2D eigenvalue weighted by Gasteiger charge is 2.15. The van der Waals surface area contributed by atoms with E-state index in [0.29, 0.717) is 5.82 Å². The van der Waals surface area contributed by atoms with Crippen molar-refractivity contribution in [3.8, 4) is 11.3 Å². The minimum absolute atomic E-state index is 0.465. The maximum atomic E-state index is 6.12. The molecule has 1 aliphatic carbocycles. The molecular weight excluding hydrogens is 324 g/mol. The Bertz CT molecular complexity index is 851. The molecule has 0 saturated heterocycles. The molecule has 3 N–H and O–H groups in total. The number of aryl methyl sites for hydroxylation is 1. The summed E-state index contributed by atoms with van der Waals surface area (Å²) >= 11 is 0. The van der Waals surface area contributed by atoms with Crippen molar-refractivity contribution in [3.63, 3.8) is 0 Å². The quantitative estimate of drug-likeness (QED) is 0.667. The summed E-state index contributed by atoms with van der Waals surface area (Å²) in [5.41, 5.74) is 9.66. The summed E-state index contributed by atoms with van der Waals surface area (Å²) in [5, 5.41) is 8.12. The highest BCUT2D eigenvalue weighted by Crippen LogP contribution is 2.27. The predicted octanol–water partition coefficient (Wildman–Crippen LogP) is 3.23. The molecule has 1 fully saturated rings. The largest absolute Gasteiger partial charge is 0.382 e. The van der Waals surface area contributed by atoms with Crippen molar-refractivity contribution >= 4 is 11.5 Å². The van der Waals surface area contributed by atoms with Gasteiger partial charge in [-0.15, -0.1) is 5.10 Å². The molecule has 0 unspecified atom stereocenters. The third-order valence-electron chi connectivity index (χ3n) is 5.15. The van der Waals surface area contributed by atoms with E-state index in [4.69, 9.17) is 5.73 Å². The summed E-state index contributed by atoms with van der Waals surface area (Å²) in [5.74, 6) is 0.465. The van der Waals surface area contributed by atoms with Crippen molar-refractivity contribution in [1.82, 2.24) is 24.9 Å². The van der Waals surface area contributed by atoms with Gasteiger partial charge in [0, 0.05) is 24.6 Å². The average molecular weight is 350 g/mol. The monoisotopic (exact) mass is 350 g/mol. The molecule has 1 saturated carbocycles. The number of anilines is 1. The predicted molar refractivity (Wildman–Crippen MR) is 104 cm³/mol. The number of pyridine rings is 1. The first-order valence-corrected chi connectivity index (χ1v) is 9.59. The summed E-state index contributed by atoms with van der Waals surface area (Å²) in [6, 6.07) is 6.48. The number of rotatable bonds is 6. The molecule has 0 atom stereocenters. The zero-order valence-electron chi connectivity index (χ0n) is 15.1. The van der Waals surface area contributed by atoms with E-state index in [1.807, 2.05) is 30.6 Å². The van der Waals surface area contributed by atoms with Crippen molar-refractivity contribution < 1.29 is 0 Å². The fourth-order valence-corrected chi connectivity index (χ4v) is 3.78. The fourth-order valence-electron chi connectivity index (χ4n) is 3.78. The molecule has 26 heavy (non-hydrogen) atoms. The Morgan fingerprint density at radius 1 is 1.15 bits per heavy atom. The maximum absolute atomic E-state index is 6.12. The van der Waals surface area contributed by atoms with Crippen molar-refractivity contribution in [2.75, 3.05) is 12.3 Å². The molecule has 0 spiro atoms. The molecule has 6 nitrogen and oxygen atoms in total. The van der Waals surface area contributed by atoms with Crippen molar-refractivity contribution in [3.05, 3.63) is 42.4 Å².